The van der Waals surface area contributed by atoms with Gasteiger partial charge in [-0.15, -0.1) is 11.3 Å². The van der Waals surface area contributed by atoms with E-state index in [2.05, 4.69) is 20.3 Å². The summed E-state index contributed by atoms with van der Waals surface area (Å²) in [5.74, 6) is 0.287. The molecule has 2 aromatic heterocycles. The van der Waals surface area contributed by atoms with E-state index in [0.717, 1.165) is 21.8 Å². The first-order valence-corrected chi connectivity index (χ1v) is 10.9. The first-order chi connectivity index (χ1) is 15.0. The van der Waals surface area contributed by atoms with Crippen molar-refractivity contribution in [1.82, 2.24) is 15.0 Å². The molecular formula is C24H22N4O2S. The van der Waals surface area contributed by atoms with Gasteiger partial charge in [0.25, 0.3) is 11.5 Å². The molecule has 0 aliphatic rings. The van der Waals surface area contributed by atoms with E-state index in [1.165, 1.54) is 17.4 Å². The van der Waals surface area contributed by atoms with Crippen molar-refractivity contribution in [2.75, 3.05) is 5.32 Å². The van der Waals surface area contributed by atoms with E-state index in [-0.39, 0.29) is 11.5 Å². The number of amides is 1. The summed E-state index contributed by atoms with van der Waals surface area (Å²) in [7, 11) is 0. The molecule has 0 bridgehead atoms. The molecule has 2 aromatic carbocycles. The molecule has 7 heteroatoms. The second-order valence-corrected chi connectivity index (χ2v) is 8.24. The number of aryl methyl sites for hydroxylation is 2. The standard InChI is InChI=1S/C24H22N4O2S/c1-3-18-14-20(29)28-23(26-18)17-10-7-11-19(13-17)27-24(30)22-15(2)25-21(31-22)12-16-8-5-4-6-9-16/h4-11,13-14H,3,12H2,1-2H3,(H,27,30)(H,26,28,29). The number of H-pyrrole nitrogens is 1. The molecule has 0 spiro atoms. The average molecular weight is 431 g/mol. The minimum atomic E-state index is -0.199. The lowest BCUT2D eigenvalue weighted by molar-refractivity contribution is 0.103. The lowest BCUT2D eigenvalue weighted by Crippen LogP contribution is -2.12. The van der Waals surface area contributed by atoms with Gasteiger partial charge in [0, 0.05) is 29.4 Å². The largest absolute Gasteiger partial charge is 0.321 e. The number of rotatable bonds is 6. The smallest absolute Gasteiger partial charge is 0.267 e. The number of aromatic nitrogens is 3. The number of nitrogens with one attached hydrogen (secondary N) is 2. The molecule has 6 nitrogen and oxygen atoms in total. The van der Waals surface area contributed by atoms with E-state index in [0.29, 0.717) is 34.9 Å². The zero-order valence-electron chi connectivity index (χ0n) is 17.3. The Morgan fingerprint density at radius 2 is 1.87 bits per heavy atom. The number of hydrogen-bond donors (Lipinski definition) is 2. The SMILES string of the molecule is CCc1cc(=O)[nH]c(-c2cccc(NC(=O)c3sc(Cc4ccccc4)nc3C)c2)n1. The van der Waals surface area contributed by atoms with Crippen LogP contribution in [0.25, 0.3) is 11.4 Å². The Morgan fingerprint density at radius 1 is 1.06 bits per heavy atom. The quantitative estimate of drug-likeness (QED) is 0.468. The van der Waals surface area contributed by atoms with Gasteiger partial charge >= 0.3 is 0 Å². The van der Waals surface area contributed by atoms with Crippen molar-refractivity contribution < 1.29 is 4.79 Å². The highest BCUT2D eigenvalue weighted by atomic mass is 32.1. The summed E-state index contributed by atoms with van der Waals surface area (Å²) in [4.78, 5) is 37.2. The number of carbonyl (C=O) groups is 1. The summed E-state index contributed by atoms with van der Waals surface area (Å²) in [5.41, 5.74) is 3.76. The Balaban J connectivity index is 1.54. The highest BCUT2D eigenvalue weighted by molar-refractivity contribution is 7.14. The highest BCUT2D eigenvalue weighted by Gasteiger charge is 2.16. The van der Waals surface area contributed by atoms with E-state index >= 15 is 0 Å². The fourth-order valence-corrected chi connectivity index (χ4v) is 4.26. The minimum Gasteiger partial charge on any atom is -0.321 e. The maximum absolute atomic E-state index is 12.9. The molecule has 0 saturated carbocycles. The van der Waals surface area contributed by atoms with Crippen molar-refractivity contribution >= 4 is 22.9 Å². The van der Waals surface area contributed by atoms with Gasteiger partial charge in [0.15, 0.2) is 0 Å². The predicted octanol–water partition coefficient (Wildman–Crippen LogP) is 4.61. The van der Waals surface area contributed by atoms with Gasteiger partial charge < -0.3 is 10.3 Å². The topological polar surface area (TPSA) is 87.7 Å². The van der Waals surface area contributed by atoms with Gasteiger partial charge in [0.1, 0.15) is 10.7 Å². The normalized spacial score (nSPS) is 10.8. The highest BCUT2D eigenvalue weighted by Crippen LogP contribution is 2.24. The maximum atomic E-state index is 12.9. The van der Waals surface area contributed by atoms with E-state index in [9.17, 15) is 9.59 Å². The van der Waals surface area contributed by atoms with Crippen LogP contribution in [0.5, 0.6) is 0 Å². The van der Waals surface area contributed by atoms with Gasteiger partial charge in [0.2, 0.25) is 0 Å². The van der Waals surface area contributed by atoms with Crippen molar-refractivity contribution in [2.45, 2.75) is 26.7 Å². The van der Waals surface area contributed by atoms with Crippen LogP contribution in [-0.4, -0.2) is 20.9 Å². The number of thiazole rings is 1. The van der Waals surface area contributed by atoms with Crippen molar-refractivity contribution in [1.29, 1.82) is 0 Å². The van der Waals surface area contributed by atoms with E-state index in [1.54, 1.807) is 6.07 Å². The van der Waals surface area contributed by atoms with Crippen LogP contribution in [0.4, 0.5) is 5.69 Å². The van der Waals surface area contributed by atoms with Crippen LogP contribution in [0.2, 0.25) is 0 Å². The molecule has 2 N–H and O–H groups in total. The van der Waals surface area contributed by atoms with E-state index < -0.39 is 0 Å². The second kappa shape index (κ2) is 9.06. The summed E-state index contributed by atoms with van der Waals surface area (Å²) in [6, 6.07) is 18.8. The Morgan fingerprint density at radius 3 is 2.65 bits per heavy atom. The molecule has 31 heavy (non-hydrogen) atoms. The molecule has 0 aliphatic heterocycles. The number of aromatic amines is 1. The number of hydrogen-bond acceptors (Lipinski definition) is 5. The first-order valence-electron chi connectivity index (χ1n) is 10.0. The summed E-state index contributed by atoms with van der Waals surface area (Å²) >= 11 is 1.41. The van der Waals surface area contributed by atoms with E-state index in [4.69, 9.17) is 0 Å². The summed E-state index contributed by atoms with van der Waals surface area (Å²) < 4.78 is 0. The van der Waals surface area contributed by atoms with Crippen molar-refractivity contribution in [2.24, 2.45) is 0 Å². The third-order valence-electron chi connectivity index (χ3n) is 4.80. The molecular weight excluding hydrogens is 408 g/mol. The van der Waals surface area contributed by atoms with E-state index in [1.807, 2.05) is 62.4 Å². The van der Waals surface area contributed by atoms with Crippen LogP contribution < -0.4 is 10.9 Å². The van der Waals surface area contributed by atoms with Crippen molar-refractivity contribution in [3.05, 3.63) is 97.9 Å². The molecule has 0 atom stereocenters. The fraction of sp³-hybridized carbons (Fsp3) is 0.167. The van der Waals surface area contributed by atoms with Crippen LogP contribution in [0.15, 0.2) is 65.5 Å². The maximum Gasteiger partial charge on any atom is 0.267 e. The monoisotopic (exact) mass is 430 g/mol. The molecule has 0 radical (unpaired) electrons. The zero-order chi connectivity index (χ0) is 21.8. The van der Waals surface area contributed by atoms with Gasteiger partial charge in [-0.05, 0) is 31.0 Å². The average Bonchev–Trinajstić information content (AvgIpc) is 3.14. The zero-order valence-corrected chi connectivity index (χ0v) is 18.1. The van der Waals surface area contributed by atoms with Crippen LogP contribution >= 0.6 is 11.3 Å². The third kappa shape index (κ3) is 4.95. The fourth-order valence-electron chi connectivity index (χ4n) is 3.27. The molecule has 0 fully saturated rings. The minimum absolute atomic E-state index is 0.192. The molecule has 4 rings (SSSR count). The Kier molecular flexibility index (Phi) is 6.04. The molecule has 156 valence electrons. The molecule has 2 heterocycles. The van der Waals surface area contributed by atoms with Crippen LogP contribution in [-0.2, 0) is 12.8 Å². The van der Waals surface area contributed by atoms with Gasteiger partial charge in [0.05, 0.1) is 10.7 Å². The molecule has 4 aromatic rings. The summed E-state index contributed by atoms with van der Waals surface area (Å²) in [6.45, 7) is 3.80. The van der Waals surface area contributed by atoms with Crippen LogP contribution in [0.3, 0.4) is 0 Å². The Bertz CT molecular complexity index is 1280. The predicted molar refractivity (Wildman–Crippen MR) is 124 cm³/mol. The van der Waals surface area contributed by atoms with Gasteiger partial charge in [-0.2, -0.15) is 0 Å². The third-order valence-corrected chi connectivity index (χ3v) is 5.95. The number of nitrogens with zero attached hydrogens (tertiary/aromatic N) is 2. The van der Waals surface area contributed by atoms with Crippen molar-refractivity contribution in [3.63, 3.8) is 0 Å². The summed E-state index contributed by atoms with van der Waals surface area (Å²) in [5, 5.41) is 3.84. The number of anilines is 1. The Hall–Kier alpha value is -3.58. The Labute approximate surface area is 184 Å². The second-order valence-electron chi connectivity index (χ2n) is 7.16. The van der Waals surface area contributed by atoms with Crippen LogP contribution in [0, 0.1) is 6.92 Å². The number of carbonyl (C=O) groups excluding carboxylic acids is 1. The molecule has 0 unspecified atom stereocenters. The lowest BCUT2D eigenvalue weighted by Gasteiger charge is -2.07. The lowest BCUT2D eigenvalue weighted by atomic mass is 10.1. The van der Waals surface area contributed by atoms with Gasteiger partial charge in [-0.25, -0.2) is 9.97 Å². The molecule has 0 aliphatic carbocycles. The van der Waals surface area contributed by atoms with Crippen LogP contribution in [0.1, 0.15) is 38.6 Å². The first kappa shape index (κ1) is 20.7. The van der Waals surface area contributed by atoms with Gasteiger partial charge in [-0.1, -0.05) is 49.4 Å². The summed E-state index contributed by atoms with van der Waals surface area (Å²) in [6.07, 6.45) is 1.37. The van der Waals surface area contributed by atoms with Gasteiger partial charge in [-0.3, -0.25) is 9.59 Å². The number of benzene rings is 2. The molecule has 0 saturated heterocycles. The molecule has 1 amide bonds. The van der Waals surface area contributed by atoms with Crippen molar-refractivity contribution in [3.8, 4) is 11.4 Å².